The van der Waals surface area contributed by atoms with Crippen LogP contribution >= 0.6 is 0 Å². The van der Waals surface area contributed by atoms with E-state index >= 15 is 0 Å². The minimum atomic E-state index is 0.152. The summed E-state index contributed by atoms with van der Waals surface area (Å²) in [5.41, 5.74) is 1.25. The molecule has 2 aromatic heterocycles. The van der Waals surface area contributed by atoms with Crippen LogP contribution < -0.4 is 5.32 Å². The lowest BCUT2D eigenvalue weighted by molar-refractivity contribution is 0.207. The third-order valence-electron chi connectivity index (χ3n) is 3.46. The highest BCUT2D eigenvalue weighted by Crippen LogP contribution is 2.44. The zero-order valence-corrected chi connectivity index (χ0v) is 9.63. The van der Waals surface area contributed by atoms with E-state index < -0.39 is 0 Å². The molecule has 90 valence electrons. The number of rotatable bonds is 5. The number of imidazole rings is 1. The lowest BCUT2D eigenvalue weighted by atomic mass is 10.1. The Balaban J connectivity index is 1.65. The molecule has 1 aliphatic carbocycles. The SMILES string of the molecule is OCC1(CNCc2cnc3ncccn23)CC1. The zero-order chi connectivity index (χ0) is 11.7. The van der Waals surface area contributed by atoms with Gasteiger partial charge in [-0.2, -0.15) is 0 Å². The predicted molar refractivity (Wildman–Crippen MR) is 63.4 cm³/mol. The van der Waals surface area contributed by atoms with Gasteiger partial charge in [-0.05, 0) is 18.9 Å². The first-order valence-corrected chi connectivity index (χ1v) is 5.92. The number of fused-ring (bicyclic) bond motifs is 1. The molecule has 1 saturated carbocycles. The fourth-order valence-corrected chi connectivity index (χ4v) is 2.03. The molecule has 0 unspecified atom stereocenters. The van der Waals surface area contributed by atoms with Gasteiger partial charge in [0.15, 0.2) is 0 Å². The first-order valence-electron chi connectivity index (χ1n) is 5.92. The Morgan fingerprint density at radius 2 is 2.29 bits per heavy atom. The number of nitrogens with one attached hydrogen (secondary N) is 1. The number of nitrogens with zero attached hydrogens (tertiary/aromatic N) is 3. The van der Waals surface area contributed by atoms with E-state index in [0.717, 1.165) is 37.4 Å². The average molecular weight is 232 g/mol. The fourth-order valence-electron chi connectivity index (χ4n) is 2.03. The predicted octanol–water partition coefficient (Wildman–Crippen LogP) is 0.591. The Labute approximate surface area is 99.5 Å². The highest BCUT2D eigenvalue weighted by atomic mass is 16.3. The Morgan fingerprint density at radius 1 is 1.41 bits per heavy atom. The summed E-state index contributed by atoms with van der Waals surface area (Å²) < 4.78 is 1.98. The summed E-state index contributed by atoms with van der Waals surface area (Å²) in [4.78, 5) is 8.40. The lowest BCUT2D eigenvalue weighted by Gasteiger charge is -2.12. The van der Waals surface area contributed by atoms with Gasteiger partial charge in [-0.1, -0.05) is 0 Å². The molecule has 0 amide bonds. The van der Waals surface area contributed by atoms with Crippen molar-refractivity contribution >= 4 is 5.78 Å². The summed E-state index contributed by atoms with van der Waals surface area (Å²) in [5.74, 6) is 0.729. The summed E-state index contributed by atoms with van der Waals surface area (Å²) in [6.07, 6.45) is 7.81. The third kappa shape index (κ3) is 2.03. The molecule has 0 radical (unpaired) electrons. The molecule has 2 N–H and O–H groups in total. The van der Waals surface area contributed by atoms with Gasteiger partial charge in [0.1, 0.15) is 0 Å². The molecule has 0 bridgehead atoms. The molecule has 3 rings (SSSR count). The molecule has 5 nitrogen and oxygen atoms in total. The van der Waals surface area contributed by atoms with E-state index in [1.807, 2.05) is 22.9 Å². The van der Waals surface area contributed by atoms with E-state index in [0.29, 0.717) is 0 Å². The number of aliphatic hydroxyl groups is 1. The molecule has 0 atom stereocenters. The number of hydrogen-bond acceptors (Lipinski definition) is 4. The molecule has 0 aromatic carbocycles. The largest absolute Gasteiger partial charge is 0.396 e. The fraction of sp³-hybridized carbons (Fsp3) is 0.500. The molecule has 0 spiro atoms. The van der Waals surface area contributed by atoms with Gasteiger partial charge in [-0.25, -0.2) is 9.97 Å². The molecule has 1 aliphatic rings. The van der Waals surface area contributed by atoms with E-state index in [9.17, 15) is 5.11 Å². The van der Waals surface area contributed by atoms with Crippen LogP contribution in [0.5, 0.6) is 0 Å². The van der Waals surface area contributed by atoms with E-state index in [4.69, 9.17) is 0 Å². The monoisotopic (exact) mass is 232 g/mol. The van der Waals surface area contributed by atoms with Crippen LogP contribution in [0.4, 0.5) is 0 Å². The minimum Gasteiger partial charge on any atom is -0.396 e. The van der Waals surface area contributed by atoms with Crippen molar-refractivity contribution in [3.05, 3.63) is 30.4 Å². The molecule has 5 heteroatoms. The smallest absolute Gasteiger partial charge is 0.233 e. The van der Waals surface area contributed by atoms with E-state index in [1.54, 1.807) is 6.20 Å². The number of hydrogen-bond donors (Lipinski definition) is 2. The maximum atomic E-state index is 9.22. The first-order chi connectivity index (χ1) is 8.33. The summed E-state index contributed by atoms with van der Waals surface area (Å²) in [6.45, 7) is 1.92. The van der Waals surface area contributed by atoms with Gasteiger partial charge >= 0.3 is 0 Å². The topological polar surface area (TPSA) is 62.5 Å². The van der Waals surface area contributed by atoms with Gasteiger partial charge in [0.25, 0.3) is 0 Å². The van der Waals surface area contributed by atoms with Crippen LogP contribution in [0.2, 0.25) is 0 Å². The second kappa shape index (κ2) is 4.09. The second-order valence-corrected chi connectivity index (χ2v) is 4.80. The van der Waals surface area contributed by atoms with Crippen LogP contribution in [0.1, 0.15) is 18.5 Å². The average Bonchev–Trinajstić information content (AvgIpc) is 3.04. The lowest BCUT2D eigenvalue weighted by Crippen LogP contribution is -2.26. The van der Waals surface area contributed by atoms with Crippen molar-refractivity contribution in [1.29, 1.82) is 0 Å². The van der Waals surface area contributed by atoms with Crippen molar-refractivity contribution in [2.75, 3.05) is 13.2 Å². The second-order valence-electron chi connectivity index (χ2n) is 4.80. The highest BCUT2D eigenvalue weighted by molar-refractivity contribution is 5.30. The van der Waals surface area contributed by atoms with Crippen LogP contribution in [0, 0.1) is 5.41 Å². The Bertz CT molecular complexity index is 518. The van der Waals surface area contributed by atoms with Crippen LogP contribution in [0.15, 0.2) is 24.7 Å². The van der Waals surface area contributed by atoms with Crippen molar-refractivity contribution in [2.45, 2.75) is 19.4 Å². The molecular weight excluding hydrogens is 216 g/mol. The summed E-state index contributed by atoms with van der Waals surface area (Å²) >= 11 is 0. The van der Waals surface area contributed by atoms with Crippen molar-refractivity contribution in [2.24, 2.45) is 5.41 Å². The molecule has 0 aliphatic heterocycles. The number of aromatic nitrogens is 3. The third-order valence-corrected chi connectivity index (χ3v) is 3.46. The normalized spacial score (nSPS) is 17.5. The summed E-state index contributed by atoms with van der Waals surface area (Å²) in [7, 11) is 0. The van der Waals surface area contributed by atoms with E-state index in [1.165, 1.54) is 0 Å². The quantitative estimate of drug-likeness (QED) is 0.792. The molecule has 17 heavy (non-hydrogen) atoms. The number of aliphatic hydroxyl groups excluding tert-OH is 1. The van der Waals surface area contributed by atoms with Crippen LogP contribution in [-0.2, 0) is 6.54 Å². The maximum absolute atomic E-state index is 9.22. The molecule has 1 fully saturated rings. The first kappa shape index (κ1) is 10.7. The van der Waals surface area contributed by atoms with Crippen LogP contribution in [0.25, 0.3) is 5.78 Å². The molecule has 2 aromatic rings. The van der Waals surface area contributed by atoms with Gasteiger partial charge in [-0.15, -0.1) is 0 Å². The van der Waals surface area contributed by atoms with Crippen molar-refractivity contribution < 1.29 is 5.11 Å². The highest BCUT2D eigenvalue weighted by Gasteiger charge is 2.41. The molecular formula is C12H16N4O. The Hall–Kier alpha value is -1.46. The maximum Gasteiger partial charge on any atom is 0.233 e. The van der Waals surface area contributed by atoms with Crippen molar-refractivity contribution in [3.8, 4) is 0 Å². The van der Waals surface area contributed by atoms with E-state index in [-0.39, 0.29) is 12.0 Å². The van der Waals surface area contributed by atoms with Gasteiger partial charge in [0.05, 0.1) is 11.9 Å². The minimum absolute atomic E-state index is 0.152. The van der Waals surface area contributed by atoms with Crippen molar-refractivity contribution in [1.82, 2.24) is 19.7 Å². The summed E-state index contributed by atoms with van der Waals surface area (Å²) in [6, 6.07) is 1.90. The zero-order valence-electron chi connectivity index (χ0n) is 9.63. The molecule has 2 heterocycles. The van der Waals surface area contributed by atoms with E-state index in [2.05, 4.69) is 15.3 Å². The van der Waals surface area contributed by atoms with Crippen LogP contribution in [-0.4, -0.2) is 32.6 Å². The van der Waals surface area contributed by atoms with Gasteiger partial charge in [0, 0.05) is 37.5 Å². The van der Waals surface area contributed by atoms with Crippen LogP contribution in [0.3, 0.4) is 0 Å². The van der Waals surface area contributed by atoms with Crippen molar-refractivity contribution in [3.63, 3.8) is 0 Å². The summed E-state index contributed by atoms with van der Waals surface area (Å²) in [5, 5.41) is 12.6. The van der Waals surface area contributed by atoms with Gasteiger partial charge < -0.3 is 10.4 Å². The Morgan fingerprint density at radius 3 is 3.06 bits per heavy atom. The molecule has 0 saturated heterocycles. The van der Waals surface area contributed by atoms with Gasteiger partial charge in [-0.3, -0.25) is 4.40 Å². The standard InChI is InChI=1S/C12H16N4O/c17-9-12(2-3-12)8-13-6-10-7-15-11-14-4-1-5-16(10)11/h1,4-5,7,13,17H,2-3,6,8-9H2. The van der Waals surface area contributed by atoms with Gasteiger partial charge in [0.2, 0.25) is 5.78 Å². The Kier molecular flexibility index (Phi) is 2.57.